The van der Waals surface area contributed by atoms with Crippen LogP contribution in [0.3, 0.4) is 0 Å². The molecule has 0 spiro atoms. The Morgan fingerprint density at radius 3 is 2.03 bits per heavy atom. The maximum atomic E-state index is 13.7. The zero-order valence-electron chi connectivity index (χ0n) is 21.4. The van der Waals surface area contributed by atoms with Crippen molar-refractivity contribution in [2.75, 3.05) is 6.54 Å². The number of hydrogen-bond acceptors (Lipinski definition) is 6. The third-order valence-electron chi connectivity index (χ3n) is 7.31. The molecule has 1 heterocycles. The first-order valence-electron chi connectivity index (χ1n) is 11.8. The van der Waals surface area contributed by atoms with E-state index in [1.165, 1.54) is 4.90 Å². The zero-order chi connectivity index (χ0) is 26.0. The molecule has 0 radical (unpaired) electrons. The van der Waals surface area contributed by atoms with E-state index in [2.05, 4.69) is 10.6 Å². The molecule has 10 nitrogen and oxygen atoms in total. The van der Waals surface area contributed by atoms with Crippen LogP contribution in [-0.2, 0) is 23.9 Å². The Bertz CT molecular complexity index is 925. The Balaban J connectivity index is 1.84. The number of primary amides is 1. The highest BCUT2D eigenvalue weighted by atomic mass is 16.6. The minimum Gasteiger partial charge on any atom is -0.444 e. The summed E-state index contributed by atoms with van der Waals surface area (Å²) in [5, 5.41) is 5.42. The van der Waals surface area contributed by atoms with Crippen LogP contribution in [0.5, 0.6) is 0 Å². The van der Waals surface area contributed by atoms with Crippen LogP contribution in [0, 0.1) is 22.7 Å². The second-order valence-electron chi connectivity index (χ2n) is 12.6. The molecule has 34 heavy (non-hydrogen) atoms. The number of carbonyl (C=O) groups is 5. The van der Waals surface area contributed by atoms with E-state index in [-0.39, 0.29) is 23.2 Å². The molecule has 0 aromatic heterocycles. The molecule has 3 rings (SSSR count). The number of ketones is 1. The number of nitrogens with zero attached hydrogens (tertiary/aromatic N) is 1. The van der Waals surface area contributed by atoms with Crippen LogP contribution in [0.25, 0.3) is 0 Å². The number of alkyl carbamates (subject to hydrolysis) is 1. The summed E-state index contributed by atoms with van der Waals surface area (Å²) in [6.07, 6.45) is -0.0390. The molecule has 1 saturated heterocycles. The highest BCUT2D eigenvalue weighted by molar-refractivity contribution is 6.40. The summed E-state index contributed by atoms with van der Waals surface area (Å²) in [6, 6.07) is -1.74. The SMILES string of the molecule is CC(C)(C)OC(=O)N[C@H](C(=O)N1C[C@H]2[C@@H](C1C(=O)NC1(C(=O)C(N)=O)CC1)C2(C)C)C(C)(C)C. The van der Waals surface area contributed by atoms with Crippen molar-refractivity contribution in [1.29, 1.82) is 0 Å². The number of nitrogens with one attached hydrogen (secondary N) is 2. The van der Waals surface area contributed by atoms with Crippen LogP contribution in [0.1, 0.15) is 68.2 Å². The lowest BCUT2D eigenvalue weighted by Gasteiger charge is -2.38. The fourth-order valence-corrected chi connectivity index (χ4v) is 5.13. The number of likely N-dealkylation sites (tertiary alicyclic amines) is 1. The summed E-state index contributed by atoms with van der Waals surface area (Å²) in [4.78, 5) is 64.9. The predicted molar refractivity (Wildman–Crippen MR) is 123 cm³/mol. The molecular formula is C24H38N4O6. The lowest BCUT2D eigenvalue weighted by Crippen LogP contribution is -2.61. The fraction of sp³-hybridized carbons (Fsp3) is 0.792. The number of nitrogens with two attached hydrogens (primary N) is 1. The van der Waals surface area contributed by atoms with Gasteiger partial charge in [-0.2, -0.15) is 0 Å². The van der Waals surface area contributed by atoms with Crippen LogP contribution >= 0.6 is 0 Å². The molecule has 0 aromatic carbocycles. The van der Waals surface area contributed by atoms with Gasteiger partial charge in [-0.1, -0.05) is 34.6 Å². The molecule has 1 aliphatic heterocycles. The monoisotopic (exact) mass is 478 g/mol. The zero-order valence-corrected chi connectivity index (χ0v) is 21.4. The second-order valence-corrected chi connectivity index (χ2v) is 12.6. The summed E-state index contributed by atoms with van der Waals surface area (Å²) < 4.78 is 5.36. The first kappa shape index (κ1) is 26.0. The van der Waals surface area contributed by atoms with Gasteiger partial charge in [0, 0.05) is 6.54 Å². The van der Waals surface area contributed by atoms with Crippen molar-refractivity contribution < 1.29 is 28.7 Å². The summed E-state index contributed by atoms with van der Waals surface area (Å²) in [5.74, 6) is -2.72. The number of rotatable bonds is 6. The van der Waals surface area contributed by atoms with Crippen molar-refractivity contribution in [2.24, 2.45) is 28.4 Å². The number of hydrogen-bond donors (Lipinski definition) is 3. The Morgan fingerprint density at radius 1 is 1.03 bits per heavy atom. The average molecular weight is 479 g/mol. The van der Waals surface area contributed by atoms with Gasteiger partial charge in [0.2, 0.25) is 17.6 Å². The minimum absolute atomic E-state index is 0.0851. The minimum atomic E-state index is -1.27. The van der Waals surface area contributed by atoms with E-state index < -0.39 is 52.3 Å². The molecule has 3 fully saturated rings. The van der Waals surface area contributed by atoms with Gasteiger partial charge in [-0.3, -0.25) is 19.2 Å². The molecule has 2 saturated carbocycles. The molecule has 4 atom stereocenters. The molecule has 190 valence electrons. The second kappa shape index (κ2) is 7.95. The van der Waals surface area contributed by atoms with Gasteiger partial charge < -0.3 is 26.0 Å². The quantitative estimate of drug-likeness (QED) is 0.487. The molecule has 1 unspecified atom stereocenters. The Labute approximate surface area is 200 Å². The lowest BCUT2D eigenvalue weighted by molar-refractivity contribution is -0.145. The summed E-state index contributed by atoms with van der Waals surface area (Å²) >= 11 is 0. The van der Waals surface area contributed by atoms with Crippen molar-refractivity contribution in [2.45, 2.75) is 91.5 Å². The summed E-state index contributed by atoms with van der Waals surface area (Å²) in [6.45, 7) is 15.1. The fourth-order valence-electron chi connectivity index (χ4n) is 5.13. The smallest absolute Gasteiger partial charge is 0.408 e. The lowest BCUT2D eigenvalue weighted by atomic mass is 9.85. The van der Waals surface area contributed by atoms with Crippen molar-refractivity contribution in [1.82, 2.24) is 15.5 Å². The molecule has 10 heteroatoms. The number of Topliss-reactive ketones (excluding diaryl/α,β-unsaturated/α-hetero) is 1. The van der Waals surface area contributed by atoms with Crippen LogP contribution in [0.15, 0.2) is 0 Å². The van der Waals surface area contributed by atoms with E-state index in [0.29, 0.717) is 19.4 Å². The number of fused-ring (bicyclic) bond motifs is 1. The van der Waals surface area contributed by atoms with E-state index >= 15 is 0 Å². The number of piperidine rings is 1. The van der Waals surface area contributed by atoms with E-state index in [9.17, 15) is 24.0 Å². The molecular weight excluding hydrogens is 440 g/mol. The molecule has 2 aliphatic carbocycles. The van der Waals surface area contributed by atoms with Crippen molar-refractivity contribution in [3.63, 3.8) is 0 Å². The van der Waals surface area contributed by atoms with Crippen molar-refractivity contribution in [3.05, 3.63) is 0 Å². The van der Waals surface area contributed by atoms with Crippen LogP contribution in [0.2, 0.25) is 0 Å². The molecule has 4 N–H and O–H groups in total. The highest BCUT2D eigenvalue weighted by Crippen LogP contribution is 2.65. The maximum absolute atomic E-state index is 13.7. The van der Waals surface area contributed by atoms with E-state index in [4.69, 9.17) is 10.5 Å². The average Bonchev–Trinajstić information content (AvgIpc) is 3.46. The largest absolute Gasteiger partial charge is 0.444 e. The molecule has 4 amide bonds. The molecule has 0 bridgehead atoms. The molecule has 3 aliphatic rings. The maximum Gasteiger partial charge on any atom is 0.408 e. The van der Waals surface area contributed by atoms with Crippen molar-refractivity contribution in [3.8, 4) is 0 Å². The highest BCUT2D eigenvalue weighted by Gasteiger charge is 2.70. The van der Waals surface area contributed by atoms with Gasteiger partial charge in [0.05, 0.1) is 0 Å². The standard InChI is InChI=1S/C24H38N4O6/c1-21(2,3)15(26-20(33)34-22(4,5)6)19(32)28-11-12-13(23(12,7)8)14(28)18(31)27-24(9-10-24)16(29)17(25)30/h12-15H,9-11H2,1-8H3,(H2,25,30)(H,26,33)(H,27,31)/t12-,13-,14?,15+/m0/s1. The van der Waals surface area contributed by atoms with Gasteiger partial charge in [-0.05, 0) is 56.3 Å². The predicted octanol–water partition coefficient (Wildman–Crippen LogP) is 1.11. The van der Waals surface area contributed by atoms with Gasteiger partial charge in [0.15, 0.2) is 0 Å². The number of ether oxygens (including phenoxy) is 1. The first-order chi connectivity index (χ1) is 15.3. The number of amides is 4. The Morgan fingerprint density at radius 2 is 1.59 bits per heavy atom. The third-order valence-corrected chi connectivity index (χ3v) is 7.31. The van der Waals surface area contributed by atoms with Crippen LogP contribution < -0.4 is 16.4 Å². The molecule has 0 aromatic rings. The van der Waals surface area contributed by atoms with Gasteiger partial charge >= 0.3 is 6.09 Å². The Kier molecular flexibility index (Phi) is 6.07. The van der Waals surface area contributed by atoms with Crippen LogP contribution in [-0.4, -0.2) is 64.3 Å². The van der Waals surface area contributed by atoms with Crippen molar-refractivity contribution >= 4 is 29.6 Å². The van der Waals surface area contributed by atoms with Gasteiger partial charge in [0.1, 0.15) is 23.2 Å². The van der Waals surface area contributed by atoms with E-state index in [1.807, 2.05) is 34.6 Å². The number of carbonyl (C=O) groups excluding carboxylic acids is 5. The van der Waals surface area contributed by atoms with Gasteiger partial charge in [-0.15, -0.1) is 0 Å². The van der Waals surface area contributed by atoms with Gasteiger partial charge in [0.25, 0.3) is 5.91 Å². The Hall–Kier alpha value is -2.65. The van der Waals surface area contributed by atoms with E-state index in [1.54, 1.807) is 20.8 Å². The normalized spacial score (nSPS) is 27.2. The third kappa shape index (κ3) is 4.77. The van der Waals surface area contributed by atoms with Gasteiger partial charge in [-0.25, -0.2) is 4.79 Å². The summed E-state index contributed by atoms with van der Waals surface area (Å²) in [7, 11) is 0. The summed E-state index contributed by atoms with van der Waals surface area (Å²) in [5.41, 5.74) is 2.37. The first-order valence-corrected chi connectivity index (χ1v) is 11.8. The van der Waals surface area contributed by atoms with E-state index in [0.717, 1.165) is 0 Å². The van der Waals surface area contributed by atoms with Crippen LogP contribution in [0.4, 0.5) is 4.79 Å². The topological polar surface area (TPSA) is 148 Å².